The van der Waals surface area contributed by atoms with E-state index in [2.05, 4.69) is 29.1 Å². The third kappa shape index (κ3) is 4.00. The first-order valence-corrected chi connectivity index (χ1v) is 10.1. The lowest BCUT2D eigenvalue weighted by Crippen LogP contribution is -2.41. The zero-order chi connectivity index (χ0) is 20.4. The fourth-order valence-corrected chi connectivity index (χ4v) is 4.41. The summed E-state index contributed by atoms with van der Waals surface area (Å²) in [5.41, 5.74) is 2.65. The molecule has 2 heterocycles. The average Bonchev–Trinajstić information content (AvgIpc) is 3.17. The molecular formula is C23H27FN2O3. The molecule has 0 saturated carbocycles. The van der Waals surface area contributed by atoms with E-state index in [1.54, 1.807) is 20.3 Å². The molecular weight excluding hydrogens is 371 g/mol. The van der Waals surface area contributed by atoms with Gasteiger partial charge in [0.05, 0.1) is 24.9 Å². The van der Waals surface area contributed by atoms with Crippen LogP contribution in [0.3, 0.4) is 0 Å². The van der Waals surface area contributed by atoms with Gasteiger partial charge >= 0.3 is 0 Å². The lowest BCUT2D eigenvalue weighted by molar-refractivity contribution is 0.0135. The molecule has 1 unspecified atom stereocenters. The zero-order valence-corrected chi connectivity index (χ0v) is 17.1. The molecule has 0 radical (unpaired) electrons. The SMILES string of the molecule is COc1cccc([C@@H](C(C)OC)N2CCC(c3noc4cc(F)ccc34)CC2)c1. The lowest BCUT2D eigenvalue weighted by atomic mass is 9.89. The van der Waals surface area contributed by atoms with Gasteiger partial charge in [0, 0.05) is 24.5 Å². The van der Waals surface area contributed by atoms with Crippen molar-refractivity contribution in [2.24, 2.45) is 0 Å². The Labute approximate surface area is 170 Å². The van der Waals surface area contributed by atoms with Gasteiger partial charge in [-0.2, -0.15) is 0 Å². The van der Waals surface area contributed by atoms with Crippen molar-refractivity contribution >= 4 is 11.0 Å². The molecule has 0 N–H and O–H groups in total. The number of rotatable bonds is 6. The summed E-state index contributed by atoms with van der Waals surface area (Å²) in [7, 11) is 3.44. The highest BCUT2D eigenvalue weighted by Crippen LogP contribution is 2.37. The standard InChI is InChI=1S/C23H27FN2O3/c1-15(27-2)23(17-5-4-6-19(13-17)28-3)26-11-9-16(10-12-26)22-20-8-7-18(24)14-21(20)29-25-22/h4-8,13-16,23H,9-12H2,1-3H3/t15?,23-/m1/s1. The molecule has 154 valence electrons. The third-order valence-corrected chi connectivity index (χ3v) is 6.02. The van der Waals surface area contributed by atoms with Crippen LogP contribution in [-0.2, 0) is 4.74 Å². The van der Waals surface area contributed by atoms with Crippen LogP contribution < -0.4 is 4.74 Å². The van der Waals surface area contributed by atoms with Gasteiger partial charge in [0.2, 0.25) is 0 Å². The van der Waals surface area contributed by atoms with E-state index in [-0.39, 0.29) is 18.0 Å². The Morgan fingerprint density at radius 3 is 2.66 bits per heavy atom. The van der Waals surface area contributed by atoms with Crippen molar-refractivity contribution in [1.82, 2.24) is 10.1 Å². The van der Waals surface area contributed by atoms with E-state index >= 15 is 0 Å². The average molecular weight is 398 g/mol. The summed E-state index contributed by atoms with van der Waals surface area (Å²) in [5, 5.41) is 5.18. The molecule has 4 rings (SSSR count). The molecule has 0 aliphatic carbocycles. The lowest BCUT2D eigenvalue weighted by Gasteiger charge is -2.39. The number of fused-ring (bicyclic) bond motifs is 1. The zero-order valence-electron chi connectivity index (χ0n) is 17.1. The predicted molar refractivity (Wildman–Crippen MR) is 110 cm³/mol. The number of hydrogen-bond donors (Lipinski definition) is 0. The van der Waals surface area contributed by atoms with Crippen molar-refractivity contribution < 1.29 is 18.4 Å². The van der Waals surface area contributed by atoms with Crippen molar-refractivity contribution in [3.05, 3.63) is 59.5 Å². The number of benzene rings is 2. The van der Waals surface area contributed by atoms with E-state index in [4.69, 9.17) is 14.0 Å². The van der Waals surface area contributed by atoms with E-state index in [0.29, 0.717) is 11.5 Å². The molecule has 1 saturated heterocycles. The van der Waals surface area contributed by atoms with E-state index in [0.717, 1.165) is 42.8 Å². The number of nitrogens with zero attached hydrogens (tertiary/aromatic N) is 2. The van der Waals surface area contributed by atoms with Gasteiger partial charge in [-0.3, -0.25) is 4.90 Å². The number of halogens is 1. The fraction of sp³-hybridized carbons (Fsp3) is 0.435. The van der Waals surface area contributed by atoms with Crippen molar-refractivity contribution in [3.63, 3.8) is 0 Å². The summed E-state index contributed by atoms with van der Waals surface area (Å²) in [6, 6.07) is 13.0. The number of aromatic nitrogens is 1. The summed E-state index contributed by atoms with van der Waals surface area (Å²) >= 11 is 0. The van der Waals surface area contributed by atoms with E-state index in [1.807, 2.05) is 12.1 Å². The van der Waals surface area contributed by atoms with Crippen LogP contribution in [-0.4, -0.2) is 43.5 Å². The molecule has 29 heavy (non-hydrogen) atoms. The molecule has 1 aliphatic heterocycles. The van der Waals surface area contributed by atoms with Crippen LogP contribution in [0, 0.1) is 5.82 Å². The summed E-state index contributed by atoms with van der Waals surface area (Å²) < 4.78 is 29.9. The Bertz CT molecular complexity index is 966. The van der Waals surface area contributed by atoms with Gasteiger partial charge in [0.15, 0.2) is 5.58 Å². The maximum Gasteiger partial charge on any atom is 0.170 e. The van der Waals surface area contributed by atoms with Crippen LogP contribution in [0.4, 0.5) is 4.39 Å². The Kier molecular flexibility index (Phi) is 5.83. The van der Waals surface area contributed by atoms with Crippen molar-refractivity contribution in [3.8, 4) is 5.75 Å². The largest absolute Gasteiger partial charge is 0.497 e. The van der Waals surface area contributed by atoms with Gasteiger partial charge in [-0.1, -0.05) is 17.3 Å². The van der Waals surface area contributed by atoms with Gasteiger partial charge < -0.3 is 14.0 Å². The highest BCUT2D eigenvalue weighted by molar-refractivity contribution is 5.79. The Hall–Kier alpha value is -2.44. The van der Waals surface area contributed by atoms with E-state index in [9.17, 15) is 4.39 Å². The maximum absolute atomic E-state index is 13.4. The van der Waals surface area contributed by atoms with E-state index < -0.39 is 0 Å². The second-order valence-electron chi connectivity index (χ2n) is 7.68. The molecule has 5 nitrogen and oxygen atoms in total. The van der Waals surface area contributed by atoms with Crippen LogP contribution in [0.25, 0.3) is 11.0 Å². The molecule has 1 fully saturated rings. The van der Waals surface area contributed by atoms with Crippen LogP contribution in [0.5, 0.6) is 5.75 Å². The highest BCUT2D eigenvalue weighted by Gasteiger charge is 2.32. The van der Waals surface area contributed by atoms with E-state index in [1.165, 1.54) is 17.7 Å². The van der Waals surface area contributed by atoms with Gasteiger partial charge in [0.25, 0.3) is 0 Å². The first kappa shape index (κ1) is 19.9. The quantitative estimate of drug-likeness (QED) is 0.589. The monoisotopic (exact) mass is 398 g/mol. The van der Waals surface area contributed by atoms with Gasteiger partial charge in [-0.05, 0) is 62.7 Å². The highest BCUT2D eigenvalue weighted by atomic mass is 19.1. The summed E-state index contributed by atoms with van der Waals surface area (Å²) in [4.78, 5) is 2.47. The summed E-state index contributed by atoms with van der Waals surface area (Å²) in [6.07, 6.45) is 1.99. The predicted octanol–water partition coefficient (Wildman–Crippen LogP) is 4.93. The van der Waals surface area contributed by atoms with Gasteiger partial charge in [0.1, 0.15) is 11.6 Å². The molecule has 1 aliphatic rings. The Balaban J connectivity index is 1.53. The summed E-state index contributed by atoms with van der Waals surface area (Å²) in [6.45, 7) is 3.96. The van der Waals surface area contributed by atoms with Gasteiger partial charge in [-0.15, -0.1) is 0 Å². The minimum atomic E-state index is -0.301. The second kappa shape index (κ2) is 8.51. The maximum atomic E-state index is 13.4. The Morgan fingerprint density at radius 2 is 1.93 bits per heavy atom. The molecule has 0 amide bonds. The smallest absolute Gasteiger partial charge is 0.170 e. The first-order valence-electron chi connectivity index (χ1n) is 10.1. The number of piperidine rings is 1. The number of methoxy groups -OCH3 is 2. The van der Waals surface area contributed by atoms with Crippen LogP contribution in [0.1, 0.15) is 43.0 Å². The number of ether oxygens (including phenoxy) is 2. The molecule has 2 aromatic carbocycles. The van der Waals surface area contributed by atoms with Crippen LogP contribution in [0.15, 0.2) is 47.0 Å². The molecule has 1 aromatic heterocycles. The number of likely N-dealkylation sites (tertiary alicyclic amines) is 1. The fourth-order valence-electron chi connectivity index (χ4n) is 4.41. The first-order chi connectivity index (χ1) is 14.1. The molecule has 0 bridgehead atoms. The molecule has 0 spiro atoms. The Morgan fingerprint density at radius 1 is 1.14 bits per heavy atom. The van der Waals surface area contributed by atoms with Crippen molar-refractivity contribution in [1.29, 1.82) is 0 Å². The van der Waals surface area contributed by atoms with Gasteiger partial charge in [-0.25, -0.2) is 4.39 Å². The van der Waals surface area contributed by atoms with Crippen LogP contribution in [0.2, 0.25) is 0 Å². The third-order valence-electron chi connectivity index (χ3n) is 6.02. The molecule has 2 atom stereocenters. The number of hydrogen-bond acceptors (Lipinski definition) is 5. The summed E-state index contributed by atoms with van der Waals surface area (Å²) in [5.74, 6) is 0.860. The minimum absolute atomic E-state index is 0.0505. The minimum Gasteiger partial charge on any atom is -0.497 e. The van der Waals surface area contributed by atoms with Crippen molar-refractivity contribution in [2.75, 3.05) is 27.3 Å². The topological polar surface area (TPSA) is 47.7 Å². The normalized spacial score (nSPS) is 18.1. The molecule has 6 heteroatoms. The molecule has 3 aromatic rings. The van der Waals surface area contributed by atoms with Crippen LogP contribution >= 0.6 is 0 Å². The van der Waals surface area contributed by atoms with Crippen molar-refractivity contribution in [2.45, 2.75) is 37.8 Å². The second-order valence-corrected chi connectivity index (χ2v) is 7.68.